The van der Waals surface area contributed by atoms with Crippen LogP contribution in [0.4, 0.5) is 0 Å². The standard InChI is InChI=1S/C13H10N4O3/c1-8(18)20-10-4-2-3-9(5-10)11-6-16-17-12(11)14-7-15-13(17)19/h2-7H,1H3,(H,14,15,19). The van der Waals surface area contributed by atoms with E-state index in [2.05, 4.69) is 15.1 Å². The van der Waals surface area contributed by atoms with Crippen molar-refractivity contribution in [3.8, 4) is 22.9 Å². The van der Waals surface area contributed by atoms with Crippen molar-refractivity contribution in [2.45, 2.75) is 6.92 Å². The van der Waals surface area contributed by atoms with Gasteiger partial charge in [-0.15, -0.1) is 0 Å². The van der Waals surface area contributed by atoms with E-state index in [0.29, 0.717) is 17.0 Å². The molecular weight excluding hydrogens is 260 g/mol. The minimum atomic E-state index is -0.387. The highest BCUT2D eigenvalue weighted by atomic mass is 16.5. The molecule has 3 rings (SSSR count). The summed E-state index contributed by atoms with van der Waals surface area (Å²) in [7, 11) is 0. The summed E-state index contributed by atoms with van der Waals surface area (Å²) in [5.74, 6) is 0.0506. The number of rotatable bonds is 2. The molecule has 0 saturated heterocycles. The number of hydrogen-bond donors (Lipinski definition) is 1. The maximum absolute atomic E-state index is 11.0. The zero-order valence-electron chi connectivity index (χ0n) is 10.5. The first-order chi connectivity index (χ1) is 9.65. The number of aromatic hydroxyl groups is 1. The number of esters is 1. The number of benzene rings is 1. The van der Waals surface area contributed by atoms with Crippen LogP contribution in [-0.2, 0) is 4.79 Å². The van der Waals surface area contributed by atoms with Gasteiger partial charge >= 0.3 is 12.0 Å². The van der Waals surface area contributed by atoms with Crippen LogP contribution in [-0.4, -0.2) is 30.7 Å². The molecule has 100 valence electrons. The average molecular weight is 270 g/mol. The molecule has 2 heterocycles. The summed E-state index contributed by atoms with van der Waals surface area (Å²) in [6.07, 6.45) is 2.82. The van der Waals surface area contributed by atoms with Crippen LogP contribution >= 0.6 is 0 Å². The lowest BCUT2D eigenvalue weighted by Gasteiger charge is -2.03. The van der Waals surface area contributed by atoms with Gasteiger partial charge in [-0.05, 0) is 17.7 Å². The van der Waals surface area contributed by atoms with E-state index >= 15 is 0 Å². The molecule has 0 fully saturated rings. The molecule has 3 aromatic rings. The van der Waals surface area contributed by atoms with E-state index < -0.39 is 0 Å². The Hall–Kier alpha value is -2.96. The Bertz CT molecular complexity index is 797. The molecule has 0 aliphatic rings. The molecule has 0 radical (unpaired) electrons. The molecule has 7 heteroatoms. The lowest BCUT2D eigenvalue weighted by atomic mass is 10.1. The molecule has 1 aromatic carbocycles. The largest absolute Gasteiger partial charge is 0.479 e. The Morgan fingerprint density at radius 3 is 3.00 bits per heavy atom. The van der Waals surface area contributed by atoms with Crippen LogP contribution in [0.25, 0.3) is 16.8 Å². The van der Waals surface area contributed by atoms with Crippen molar-refractivity contribution in [1.82, 2.24) is 19.6 Å². The van der Waals surface area contributed by atoms with Gasteiger partial charge in [0.25, 0.3) is 0 Å². The van der Waals surface area contributed by atoms with Gasteiger partial charge in [-0.2, -0.15) is 14.6 Å². The van der Waals surface area contributed by atoms with E-state index in [1.54, 1.807) is 24.4 Å². The molecule has 2 aromatic heterocycles. The highest BCUT2D eigenvalue weighted by molar-refractivity contribution is 5.78. The number of carbonyl (C=O) groups is 1. The maximum Gasteiger partial charge on any atom is 0.318 e. The van der Waals surface area contributed by atoms with Crippen LogP contribution in [0.5, 0.6) is 11.8 Å². The fourth-order valence-electron chi connectivity index (χ4n) is 1.90. The van der Waals surface area contributed by atoms with Crippen molar-refractivity contribution in [3.63, 3.8) is 0 Å². The zero-order valence-corrected chi connectivity index (χ0v) is 10.5. The summed E-state index contributed by atoms with van der Waals surface area (Å²) in [4.78, 5) is 18.7. The number of hydrogen-bond acceptors (Lipinski definition) is 6. The fourth-order valence-corrected chi connectivity index (χ4v) is 1.90. The van der Waals surface area contributed by atoms with Crippen LogP contribution < -0.4 is 4.74 Å². The highest BCUT2D eigenvalue weighted by Gasteiger charge is 2.11. The Kier molecular flexibility index (Phi) is 2.79. The maximum atomic E-state index is 11.0. The lowest BCUT2D eigenvalue weighted by molar-refractivity contribution is -0.131. The van der Waals surface area contributed by atoms with Gasteiger partial charge < -0.3 is 9.84 Å². The number of fused-ring (bicyclic) bond motifs is 1. The van der Waals surface area contributed by atoms with E-state index in [1.807, 2.05) is 6.07 Å². The van der Waals surface area contributed by atoms with Crippen LogP contribution in [0.3, 0.4) is 0 Å². The zero-order chi connectivity index (χ0) is 14.1. The first kappa shape index (κ1) is 12.1. The molecule has 0 atom stereocenters. The van der Waals surface area contributed by atoms with Gasteiger partial charge in [-0.25, -0.2) is 4.98 Å². The molecule has 1 N–H and O–H groups in total. The van der Waals surface area contributed by atoms with Gasteiger partial charge in [0.2, 0.25) is 0 Å². The summed E-state index contributed by atoms with van der Waals surface area (Å²) in [5, 5.41) is 13.6. The molecule has 0 aliphatic carbocycles. The van der Waals surface area contributed by atoms with Crippen LogP contribution in [0, 0.1) is 0 Å². The molecule has 0 bridgehead atoms. The molecule has 7 nitrogen and oxygen atoms in total. The smallest absolute Gasteiger partial charge is 0.318 e. The molecule has 20 heavy (non-hydrogen) atoms. The average Bonchev–Trinajstić information content (AvgIpc) is 2.83. The third-order valence-corrected chi connectivity index (χ3v) is 2.69. The predicted molar refractivity (Wildman–Crippen MR) is 69.2 cm³/mol. The first-order valence-corrected chi connectivity index (χ1v) is 5.82. The summed E-state index contributed by atoms with van der Waals surface area (Å²) >= 11 is 0. The number of nitrogens with zero attached hydrogens (tertiary/aromatic N) is 4. The fraction of sp³-hybridized carbons (Fsp3) is 0.0769. The van der Waals surface area contributed by atoms with Crippen molar-refractivity contribution >= 4 is 11.6 Å². The van der Waals surface area contributed by atoms with Gasteiger partial charge in [0.05, 0.1) is 6.20 Å². The summed E-state index contributed by atoms with van der Waals surface area (Å²) in [6.45, 7) is 1.34. The van der Waals surface area contributed by atoms with Crippen molar-refractivity contribution in [3.05, 3.63) is 36.8 Å². The molecular formula is C13H10N4O3. The second-order valence-electron chi connectivity index (χ2n) is 4.09. The van der Waals surface area contributed by atoms with Crippen molar-refractivity contribution < 1.29 is 14.6 Å². The summed E-state index contributed by atoms with van der Waals surface area (Å²) in [6, 6.07) is 6.75. The third kappa shape index (κ3) is 2.05. The SMILES string of the molecule is CC(=O)Oc1cccc(-c2cnn3c(O)ncnc23)c1. The van der Waals surface area contributed by atoms with E-state index in [4.69, 9.17) is 4.74 Å². The number of carbonyl (C=O) groups excluding carboxylic acids is 1. The van der Waals surface area contributed by atoms with Gasteiger partial charge in [-0.1, -0.05) is 12.1 Å². The van der Waals surface area contributed by atoms with Crippen molar-refractivity contribution in [1.29, 1.82) is 0 Å². The van der Waals surface area contributed by atoms with E-state index in [1.165, 1.54) is 17.8 Å². The Morgan fingerprint density at radius 1 is 1.35 bits per heavy atom. The van der Waals surface area contributed by atoms with E-state index in [-0.39, 0.29) is 12.0 Å². The predicted octanol–water partition coefficient (Wildman–Crippen LogP) is 1.42. The van der Waals surface area contributed by atoms with Gasteiger partial charge in [0.15, 0.2) is 5.65 Å². The Labute approximate surface area is 113 Å². The van der Waals surface area contributed by atoms with Gasteiger partial charge in [0, 0.05) is 12.5 Å². The number of aromatic nitrogens is 4. The Balaban J connectivity index is 2.11. The van der Waals surface area contributed by atoms with Crippen molar-refractivity contribution in [2.75, 3.05) is 0 Å². The topological polar surface area (TPSA) is 89.6 Å². The second-order valence-corrected chi connectivity index (χ2v) is 4.09. The van der Waals surface area contributed by atoms with E-state index in [9.17, 15) is 9.90 Å². The van der Waals surface area contributed by atoms with E-state index in [0.717, 1.165) is 5.56 Å². The van der Waals surface area contributed by atoms with Crippen LogP contribution in [0.2, 0.25) is 0 Å². The minimum Gasteiger partial charge on any atom is -0.479 e. The van der Waals surface area contributed by atoms with Crippen LogP contribution in [0.15, 0.2) is 36.8 Å². The molecule has 0 spiro atoms. The second kappa shape index (κ2) is 4.61. The first-order valence-electron chi connectivity index (χ1n) is 5.82. The molecule has 0 amide bonds. The number of ether oxygens (including phenoxy) is 1. The molecule has 0 unspecified atom stereocenters. The third-order valence-electron chi connectivity index (χ3n) is 2.69. The van der Waals surface area contributed by atoms with Gasteiger partial charge in [-0.3, -0.25) is 4.79 Å². The molecule has 0 saturated carbocycles. The normalized spacial score (nSPS) is 10.7. The summed E-state index contributed by atoms with van der Waals surface area (Å²) < 4.78 is 6.27. The summed E-state index contributed by atoms with van der Waals surface area (Å²) in [5.41, 5.74) is 1.95. The Morgan fingerprint density at radius 2 is 2.20 bits per heavy atom. The van der Waals surface area contributed by atoms with Crippen molar-refractivity contribution in [2.24, 2.45) is 0 Å². The van der Waals surface area contributed by atoms with Crippen LogP contribution in [0.1, 0.15) is 6.92 Å². The quantitative estimate of drug-likeness (QED) is 0.559. The van der Waals surface area contributed by atoms with Gasteiger partial charge in [0.1, 0.15) is 12.1 Å². The monoisotopic (exact) mass is 270 g/mol. The lowest BCUT2D eigenvalue weighted by Crippen LogP contribution is -2.01. The molecule has 0 aliphatic heterocycles. The highest BCUT2D eigenvalue weighted by Crippen LogP contribution is 2.27. The minimum absolute atomic E-state index is 0.239.